The van der Waals surface area contributed by atoms with Crippen molar-refractivity contribution in [2.45, 2.75) is 64.6 Å². The van der Waals surface area contributed by atoms with E-state index in [9.17, 15) is 18.8 Å². The van der Waals surface area contributed by atoms with E-state index in [1.54, 1.807) is 19.1 Å². The van der Waals surface area contributed by atoms with Crippen molar-refractivity contribution >= 4 is 30.2 Å². The molecule has 0 saturated carbocycles. The van der Waals surface area contributed by atoms with Gasteiger partial charge in [0.2, 0.25) is 23.4 Å². The van der Waals surface area contributed by atoms with Crippen molar-refractivity contribution in [3.05, 3.63) is 65.6 Å². The van der Waals surface area contributed by atoms with E-state index in [0.29, 0.717) is 23.9 Å². The molecule has 46 heavy (non-hydrogen) atoms. The molecular formula is C30H35ClFN7O7. The van der Waals surface area contributed by atoms with Gasteiger partial charge in [0.25, 0.3) is 11.8 Å². The highest BCUT2D eigenvalue weighted by Crippen LogP contribution is 2.28. The Labute approximate surface area is 269 Å². The van der Waals surface area contributed by atoms with Crippen LogP contribution in [0.3, 0.4) is 0 Å². The highest BCUT2D eigenvalue weighted by molar-refractivity contribution is 5.95. The molecule has 0 spiro atoms. The van der Waals surface area contributed by atoms with Crippen molar-refractivity contribution in [1.82, 2.24) is 25.6 Å². The summed E-state index contributed by atoms with van der Waals surface area (Å²) in [6.45, 7) is 7.13. The smallest absolute Gasteiger partial charge is 0.323 e. The van der Waals surface area contributed by atoms with Crippen LogP contribution in [0, 0.1) is 5.82 Å². The van der Waals surface area contributed by atoms with Gasteiger partial charge in [-0.25, -0.2) is 4.39 Å². The number of carbonyl (C=O) groups excluding carboxylic acids is 3. The molecule has 0 saturated heterocycles. The summed E-state index contributed by atoms with van der Waals surface area (Å²) < 4.78 is 36.7. The molecule has 16 heteroatoms. The molecule has 0 radical (unpaired) electrons. The number of halogens is 2. The van der Waals surface area contributed by atoms with Crippen LogP contribution in [-0.2, 0) is 14.3 Å². The SMILES string of the molecule is CCC(Oc1ccc(-c2noc(C(C)C)n2)cc1)c1nc(-c2ccc(C(=O)N[C@H](C)COC(=O)[C@@H](N)CC(N)=O)c(F)c2)no1.Cl. The van der Waals surface area contributed by atoms with Crippen LogP contribution in [0.25, 0.3) is 22.8 Å². The molecule has 1 unspecified atom stereocenters. The van der Waals surface area contributed by atoms with Gasteiger partial charge < -0.3 is 35.3 Å². The van der Waals surface area contributed by atoms with Gasteiger partial charge in [-0.3, -0.25) is 14.4 Å². The van der Waals surface area contributed by atoms with Crippen molar-refractivity contribution in [2.24, 2.45) is 11.5 Å². The third kappa shape index (κ3) is 9.08. The lowest BCUT2D eigenvalue weighted by molar-refractivity contribution is -0.147. The largest absolute Gasteiger partial charge is 0.481 e. The maximum absolute atomic E-state index is 15.0. The molecule has 5 N–H and O–H groups in total. The van der Waals surface area contributed by atoms with Crippen molar-refractivity contribution in [3.8, 4) is 28.5 Å². The van der Waals surface area contributed by atoms with Gasteiger partial charge in [-0.05, 0) is 49.7 Å². The van der Waals surface area contributed by atoms with Crippen LogP contribution in [0.4, 0.5) is 4.39 Å². The predicted octanol–water partition coefficient (Wildman–Crippen LogP) is 3.87. The predicted molar refractivity (Wildman–Crippen MR) is 164 cm³/mol. The van der Waals surface area contributed by atoms with E-state index in [1.165, 1.54) is 12.1 Å². The van der Waals surface area contributed by atoms with E-state index in [-0.39, 0.29) is 54.2 Å². The van der Waals surface area contributed by atoms with Crippen LogP contribution in [0.2, 0.25) is 0 Å². The molecule has 0 aliphatic rings. The standard InChI is InChI=1S/C30H34FN7O7.ClH/c1-5-23(43-19-9-6-17(7-10-19)25-35-28(15(2)3)44-37-25)29-36-26(38-45-29)18-8-11-20(21(31)12-18)27(40)34-16(4)14-42-30(41)22(32)13-24(33)39;/h6-12,15-16,22-23H,5,13-14,32H2,1-4H3,(H2,33,39)(H,34,40);1H/t16-,22+,23?;/m1./s1. The third-order valence-corrected chi connectivity index (χ3v) is 6.46. The normalized spacial score (nSPS) is 12.9. The number of aromatic nitrogens is 4. The lowest BCUT2D eigenvalue weighted by Gasteiger charge is -2.16. The number of esters is 1. The Morgan fingerprint density at radius 1 is 0.957 bits per heavy atom. The molecule has 2 aromatic carbocycles. The highest BCUT2D eigenvalue weighted by atomic mass is 35.5. The molecule has 4 aromatic rings. The zero-order chi connectivity index (χ0) is 32.7. The van der Waals surface area contributed by atoms with Gasteiger partial charge in [-0.2, -0.15) is 9.97 Å². The lowest BCUT2D eigenvalue weighted by Crippen LogP contribution is -2.41. The molecule has 2 heterocycles. The number of nitrogens with two attached hydrogens (primary N) is 2. The lowest BCUT2D eigenvalue weighted by atomic mass is 10.1. The number of hydrogen-bond donors (Lipinski definition) is 3. The summed E-state index contributed by atoms with van der Waals surface area (Å²) in [6.07, 6.45) is -0.447. The average molecular weight is 660 g/mol. The second kappa shape index (κ2) is 15.9. The molecule has 0 fully saturated rings. The zero-order valence-electron chi connectivity index (χ0n) is 25.6. The number of nitrogens with zero attached hydrogens (tertiary/aromatic N) is 4. The number of primary amides is 1. The molecule has 4 rings (SSSR count). The van der Waals surface area contributed by atoms with Crippen LogP contribution in [0.5, 0.6) is 5.75 Å². The van der Waals surface area contributed by atoms with Gasteiger partial charge in [0.1, 0.15) is 24.2 Å². The molecule has 246 valence electrons. The summed E-state index contributed by atoms with van der Waals surface area (Å²) in [5.41, 5.74) is 11.3. The molecule has 2 aromatic heterocycles. The van der Waals surface area contributed by atoms with Crippen molar-refractivity contribution < 1.29 is 37.3 Å². The van der Waals surface area contributed by atoms with Gasteiger partial charge >= 0.3 is 5.97 Å². The quantitative estimate of drug-likeness (QED) is 0.165. The van der Waals surface area contributed by atoms with Crippen LogP contribution in [0.1, 0.15) is 74.7 Å². The Morgan fingerprint density at radius 2 is 1.57 bits per heavy atom. The number of rotatable bonds is 14. The minimum Gasteiger partial charge on any atom is -0.481 e. The topological polar surface area (TPSA) is 212 Å². The van der Waals surface area contributed by atoms with E-state index < -0.39 is 41.8 Å². The molecule has 3 atom stereocenters. The first-order valence-corrected chi connectivity index (χ1v) is 14.2. The number of amides is 2. The van der Waals surface area contributed by atoms with Crippen molar-refractivity contribution in [3.63, 3.8) is 0 Å². The van der Waals surface area contributed by atoms with Gasteiger partial charge in [-0.1, -0.05) is 37.2 Å². The highest BCUT2D eigenvalue weighted by Gasteiger charge is 2.23. The Hall–Kier alpha value is -4.89. The fourth-order valence-electron chi connectivity index (χ4n) is 4.02. The molecule has 14 nitrogen and oxygen atoms in total. The zero-order valence-corrected chi connectivity index (χ0v) is 26.4. The molecule has 0 bridgehead atoms. The van der Waals surface area contributed by atoms with E-state index in [0.717, 1.165) is 11.6 Å². The first-order chi connectivity index (χ1) is 21.4. The number of hydrogen-bond acceptors (Lipinski definition) is 12. The maximum Gasteiger partial charge on any atom is 0.323 e. The summed E-state index contributed by atoms with van der Waals surface area (Å²) in [4.78, 5) is 44.1. The Morgan fingerprint density at radius 3 is 2.15 bits per heavy atom. The van der Waals surface area contributed by atoms with E-state index in [4.69, 9.17) is 30.0 Å². The van der Waals surface area contributed by atoms with Gasteiger partial charge in [0, 0.05) is 17.0 Å². The first-order valence-electron chi connectivity index (χ1n) is 14.2. The fraction of sp³-hybridized carbons (Fsp3) is 0.367. The van der Waals surface area contributed by atoms with Gasteiger partial charge in [0.05, 0.1) is 18.0 Å². The Bertz CT molecular complexity index is 1640. The summed E-state index contributed by atoms with van der Waals surface area (Å²) >= 11 is 0. The van der Waals surface area contributed by atoms with Gasteiger partial charge in [-0.15, -0.1) is 12.4 Å². The van der Waals surface area contributed by atoms with Crippen LogP contribution in [-0.4, -0.2) is 56.8 Å². The van der Waals surface area contributed by atoms with E-state index >= 15 is 0 Å². The Kier molecular flexibility index (Phi) is 12.3. The fourth-order valence-corrected chi connectivity index (χ4v) is 4.02. The number of nitrogens with one attached hydrogen (secondary N) is 1. The third-order valence-electron chi connectivity index (χ3n) is 6.46. The molecule has 0 aliphatic heterocycles. The van der Waals surface area contributed by atoms with E-state index in [1.807, 2.05) is 32.9 Å². The number of ether oxygens (including phenoxy) is 2. The minimum atomic E-state index is -1.21. The van der Waals surface area contributed by atoms with Crippen LogP contribution >= 0.6 is 12.4 Å². The number of carbonyl (C=O) groups is 3. The van der Waals surface area contributed by atoms with Crippen LogP contribution in [0.15, 0.2) is 51.5 Å². The summed E-state index contributed by atoms with van der Waals surface area (Å²) in [5.74, 6) is -1.15. The monoisotopic (exact) mass is 659 g/mol. The average Bonchev–Trinajstić information content (AvgIpc) is 3.70. The summed E-state index contributed by atoms with van der Waals surface area (Å²) in [5, 5.41) is 10.5. The van der Waals surface area contributed by atoms with E-state index in [2.05, 4.69) is 25.6 Å². The van der Waals surface area contributed by atoms with Crippen molar-refractivity contribution in [2.75, 3.05) is 6.61 Å². The summed E-state index contributed by atoms with van der Waals surface area (Å²) in [6, 6.07) is 9.13. The second-order valence-corrected chi connectivity index (χ2v) is 10.6. The second-order valence-electron chi connectivity index (χ2n) is 10.6. The first kappa shape index (κ1) is 35.6. The molecule has 0 aliphatic carbocycles. The van der Waals surface area contributed by atoms with Crippen LogP contribution < -0.4 is 21.5 Å². The summed E-state index contributed by atoms with van der Waals surface area (Å²) in [7, 11) is 0. The minimum absolute atomic E-state index is 0. The van der Waals surface area contributed by atoms with Crippen molar-refractivity contribution in [1.29, 1.82) is 0 Å². The molecular weight excluding hydrogens is 625 g/mol. The molecule has 2 amide bonds. The Balaban J connectivity index is 0.00000576. The number of benzene rings is 2. The van der Waals surface area contributed by atoms with Gasteiger partial charge in [0.15, 0.2) is 6.10 Å². The maximum atomic E-state index is 15.0.